The van der Waals surface area contributed by atoms with E-state index >= 15 is 0 Å². The highest BCUT2D eigenvalue weighted by molar-refractivity contribution is 5.89. The van der Waals surface area contributed by atoms with Crippen molar-refractivity contribution in [1.29, 1.82) is 0 Å². The molecule has 1 aromatic carbocycles. The number of nitrogens with two attached hydrogens (primary N) is 1. The Bertz CT molecular complexity index is 368. The second-order valence-electron chi connectivity index (χ2n) is 3.14. The second-order valence-corrected chi connectivity index (χ2v) is 3.14. The van der Waals surface area contributed by atoms with E-state index < -0.39 is 17.8 Å². The zero-order valence-electron chi connectivity index (χ0n) is 8.33. The highest BCUT2D eigenvalue weighted by atomic mass is 19.1. The fourth-order valence-corrected chi connectivity index (χ4v) is 1.25. The van der Waals surface area contributed by atoms with Gasteiger partial charge in [-0.1, -0.05) is 12.1 Å². The molecule has 1 unspecified atom stereocenters. The number of benzene rings is 1. The van der Waals surface area contributed by atoms with Gasteiger partial charge in [0.2, 0.25) is 5.91 Å². The average Bonchev–Trinajstić information content (AvgIpc) is 2.19. The quantitative estimate of drug-likeness (QED) is 0.693. The minimum Gasteiger partial charge on any atom is -0.387 e. The van der Waals surface area contributed by atoms with Crippen molar-refractivity contribution in [2.45, 2.75) is 13.0 Å². The number of carbonyl (C=O) groups excluding carboxylic acids is 1. The Kier molecular flexibility index (Phi) is 3.76. The van der Waals surface area contributed by atoms with Crippen molar-refractivity contribution in [3.8, 4) is 0 Å². The van der Waals surface area contributed by atoms with Crippen LogP contribution in [0.15, 0.2) is 18.2 Å². The molecule has 1 atom stereocenters. The number of aliphatic hydroxyl groups is 1. The van der Waals surface area contributed by atoms with Crippen LogP contribution < -0.4 is 11.1 Å². The number of halogens is 1. The molecule has 15 heavy (non-hydrogen) atoms. The van der Waals surface area contributed by atoms with Gasteiger partial charge >= 0.3 is 0 Å². The van der Waals surface area contributed by atoms with E-state index in [2.05, 4.69) is 5.32 Å². The zero-order valence-corrected chi connectivity index (χ0v) is 8.33. The van der Waals surface area contributed by atoms with Crippen LogP contribution in [-0.2, 0) is 4.79 Å². The summed E-state index contributed by atoms with van der Waals surface area (Å²) in [6, 6.07) is 4.18. The summed E-state index contributed by atoms with van der Waals surface area (Å²) in [6.07, 6.45) is -0.984. The molecule has 1 amide bonds. The third-order valence-electron chi connectivity index (χ3n) is 1.93. The molecule has 0 spiro atoms. The van der Waals surface area contributed by atoms with Gasteiger partial charge in [0.05, 0.1) is 11.8 Å². The van der Waals surface area contributed by atoms with Gasteiger partial charge in [-0.2, -0.15) is 0 Å². The van der Waals surface area contributed by atoms with Crippen LogP contribution in [-0.4, -0.2) is 17.6 Å². The van der Waals surface area contributed by atoms with Crippen molar-refractivity contribution in [3.63, 3.8) is 0 Å². The van der Waals surface area contributed by atoms with Gasteiger partial charge in [-0.25, -0.2) is 4.39 Å². The van der Waals surface area contributed by atoms with Crippen LogP contribution >= 0.6 is 0 Å². The molecule has 1 rings (SSSR count). The predicted molar refractivity (Wildman–Crippen MR) is 54.7 cm³/mol. The molecule has 4 nitrogen and oxygen atoms in total. The van der Waals surface area contributed by atoms with Gasteiger partial charge in [-0.05, 0) is 6.07 Å². The van der Waals surface area contributed by atoms with E-state index in [1.165, 1.54) is 25.1 Å². The Balaban J connectivity index is 3.13. The molecule has 0 aliphatic heterocycles. The highest BCUT2D eigenvalue weighted by Crippen LogP contribution is 2.25. The molecule has 0 aliphatic carbocycles. The van der Waals surface area contributed by atoms with Crippen LogP contribution in [0, 0.1) is 5.82 Å². The van der Waals surface area contributed by atoms with E-state index in [9.17, 15) is 14.3 Å². The lowest BCUT2D eigenvalue weighted by molar-refractivity contribution is -0.114. The maximum Gasteiger partial charge on any atom is 0.221 e. The van der Waals surface area contributed by atoms with Crippen molar-refractivity contribution in [3.05, 3.63) is 29.6 Å². The third kappa shape index (κ3) is 2.74. The summed E-state index contributed by atoms with van der Waals surface area (Å²) in [5.41, 5.74) is 5.54. The molecule has 4 N–H and O–H groups in total. The number of para-hydroxylation sites is 1. The van der Waals surface area contributed by atoms with Crippen LogP contribution in [0.3, 0.4) is 0 Å². The van der Waals surface area contributed by atoms with E-state index in [4.69, 9.17) is 5.73 Å². The number of hydrogen-bond donors (Lipinski definition) is 3. The normalized spacial score (nSPS) is 12.3. The maximum absolute atomic E-state index is 13.3. The number of carbonyl (C=O) groups is 1. The Morgan fingerprint density at radius 1 is 1.67 bits per heavy atom. The molecule has 5 heteroatoms. The molecular formula is C10H13FN2O2. The number of aliphatic hydroxyl groups excluding tert-OH is 1. The van der Waals surface area contributed by atoms with E-state index in [0.29, 0.717) is 0 Å². The molecule has 0 saturated carbocycles. The van der Waals surface area contributed by atoms with Gasteiger partial charge in [0.1, 0.15) is 5.82 Å². The largest absolute Gasteiger partial charge is 0.387 e. The standard InChI is InChI=1S/C10H13FN2O2/c1-6(14)13-10-7(9(15)5-12)3-2-4-8(10)11/h2-4,9,15H,5,12H2,1H3,(H,13,14). The van der Waals surface area contributed by atoms with Crippen LogP contribution in [0.2, 0.25) is 0 Å². The molecule has 0 heterocycles. The van der Waals surface area contributed by atoms with Crippen LogP contribution in [0.5, 0.6) is 0 Å². The maximum atomic E-state index is 13.3. The minimum atomic E-state index is -0.984. The summed E-state index contributed by atoms with van der Waals surface area (Å²) in [5.74, 6) is -0.985. The van der Waals surface area contributed by atoms with E-state index in [0.717, 1.165) is 0 Å². The number of anilines is 1. The average molecular weight is 212 g/mol. The summed E-state index contributed by atoms with van der Waals surface area (Å²) in [6.45, 7) is 1.24. The summed E-state index contributed by atoms with van der Waals surface area (Å²) in [5, 5.41) is 11.8. The number of hydrogen-bond acceptors (Lipinski definition) is 3. The number of amides is 1. The molecule has 0 saturated heterocycles. The molecule has 0 bridgehead atoms. The lowest BCUT2D eigenvalue weighted by Crippen LogP contribution is -2.16. The van der Waals surface area contributed by atoms with Crippen LogP contribution in [0.1, 0.15) is 18.6 Å². The van der Waals surface area contributed by atoms with Crippen LogP contribution in [0.25, 0.3) is 0 Å². The molecule has 82 valence electrons. The van der Waals surface area contributed by atoms with Gasteiger partial charge in [0, 0.05) is 19.0 Å². The summed E-state index contributed by atoms with van der Waals surface area (Å²) in [7, 11) is 0. The Labute approximate surface area is 86.9 Å². The van der Waals surface area contributed by atoms with Gasteiger partial charge in [0.25, 0.3) is 0 Å². The Morgan fingerprint density at radius 2 is 2.33 bits per heavy atom. The molecule has 0 aliphatic rings. The van der Waals surface area contributed by atoms with E-state index in [1.54, 1.807) is 0 Å². The third-order valence-corrected chi connectivity index (χ3v) is 1.93. The zero-order chi connectivity index (χ0) is 11.4. The van der Waals surface area contributed by atoms with Crippen molar-refractivity contribution >= 4 is 11.6 Å². The van der Waals surface area contributed by atoms with Gasteiger partial charge in [0.15, 0.2) is 0 Å². The summed E-state index contributed by atoms with van der Waals surface area (Å²) < 4.78 is 13.3. The van der Waals surface area contributed by atoms with Crippen molar-refractivity contribution in [2.24, 2.45) is 5.73 Å². The first-order valence-electron chi connectivity index (χ1n) is 4.50. The fraction of sp³-hybridized carbons (Fsp3) is 0.300. The molecule has 0 aromatic heterocycles. The molecule has 1 aromatic rings. The second kappa shape index (κ2) is 4.86. The lowest BCUT2D eigenvalue weighted by atomic mass is 10.1. The van der Waals surface area contributed by atoms with Crippen LogP contribution in [0.4, 0.5) is 10.1 Å². The van der Waals surface area contributed by atoms with Gasteiger partial charge in [-0.3, -0.25) is 4.79 Å². The highest BCUT2D eigenvalue weighted by Gasteiger charge is 2.15. The fourth-order valence-electron chi connectivity index (χ4n) is 1.25. The first-order chi connectivity index (χ1) is 7.06. The lowest BCUT2D eigenvalue weighted by Gasteiger charge is -2.14. The predicted octanol–water partition coefficient (Wildman–Crippen LogP) is 0.776. The molecule has 0 fully saturated rings. The number of nitrogens with one attached hydrogen (secondary N) is 1. The first-order valence-corrected chi connectivity index (χ1v) is 4.50. The molecular weight excluding hydrogens is 199 g/mol. The van der Waals surface area contributed by atoms with E-state index in [-0.39, 0.29) is 17.8 Å². The monoisotopic (exact) mass is 212 g/mol. The smallest absolute Gasteiger partial charge is 0.221 e. The number of rotatable bonds is 3. The van der Waals surface area contributed by atoms with Gasteiger partial charge < -0.3 is 16.2 Å². The first kappa shape index (κ1) is 11.6. The SMILES string of the molecule is CC(=O)Nc1c(F)cccc1C(O)CN. The van der Waals surface area contributed by atoms with Crippen molar-refractivity contribution in [1.82, 2.24) is 0 Å². The summed E-state index contributed by atoms with van der Waals surface area (Å²) >= 11 is 0. The van der Waals surface area contributed by atoms with E-state index in [1.807, 2.05) is 0 Å². The molecule has 0 radical (unpaired) electrons. The Hall–Kier alpha value is -1.46. The minimum absolute atomic E-state index is 0.0112. The topological polar surface area (TPSA) is 75.3 Å². The Morgan fingerprint density at radius 3 is 2.87 bits per heavy atom. The van der Waals surface area contributed by atoms with Crippen molar-refractivity contribution < 1.29 is 14.3 Å². The van der Waals surface area contributed by atoms with Gasteiger partial charge in [-0.15, -0.1) is 0 Å². The van der Waals surface area contributed by atoms with Crippen molar-refractivity contribution in [2.75, 3.05) is 11.9 Å². The summed E-state index contributed by atoms with van der Waals surface area (Å²) in [4.78, 5) is 10.8.